The van der Waals surface area contributed by atoms with Crippen LogP contribution in [0.1, 0.15) is 22.5 Å². The number of benzene rings is 3. The molecule has 0 spiro atoms. The number of hydrogen-bond acceptors (Lipinski definition) is 5. The molecule has 1 heterocycles. The number of aryl methyl sites for hydroxylation is 2. The molecule has 0 bridgehead atoms. The lowest BCUT2D eigenvalue weighted by atomic mass is 10.1. The zero-order valence-corrected chi connectivity index (χ0v) is 21.1. The number of halogens is 6. The van der Waals surface area contributed by atoms with Crippen LogP contribution in [0.4, 0.5) is 17.6 Å². The molecule has 0 fully saturated rings. The van der Waals surface area contributed by atoms with Crippen molar-refractivity contribution in [1.82, 2.24) is 0 Å². The van der Waals surface area contributed by atoms with E-state index in [0.717, 1.165) is 30.4 Å². The average molecular weight is 567 g/mol. The molecule has 4 aromatic rings. The van der Waals surface area contributed by atoms with Crippen LogP contribution in [-0.4, -0.2) is 5.97 Å². The fraction of sp³-hybridized carbons (Fsp3) is 0.111. The summed E-state index contributed by atoms with van der Waals surface area (Å²) in [6.45, 7) is 3.28. The fourth-order valence-corrected chi connectivity index (χ4v) is 3.89. The van der Waals surface area contributed by atoms with Crippen LogP contribution in [0.15, 0.2) is 63.8 Å². The summed E-state index contributed by atoms with van der Waals surface area (Å²) in [4.78, 5) is 25.2. The number of hydrogen-bond donors (Lipinski definition) is 0. The predicted octanol–water partition coefficient (Wildman–Crippen LogP) is 8.29. The van der Waals surface area contributed by atoms with Gasteiger partial charge in [-0.05, 0) is 67.4 Å². The highest BCUT2D eigenvalue weighted by Crippen LogP contribution is 2.39. The number of esters is 1. The summed E-state index contributed by atoms with van der Waals surface area (Å²) in [5, 5.41) is 0.222. The number of alkyl halides is 3. The van der Waals surface area contributed by atoms with Crippen LogP contribution < -0.4 is 14.9 Å². The van der Waals surface area contributed by atoms with Gasteiger partial charge in [-0.15, -0.1) is 0 Å². The summed E-state index contributed by atoms with van der Waals surface area (Å²) in [6.07, 6.45) is -3.11. The molecule has 0 N–H and O–H groups in total. The lowest BCUT2D eigenvalue weighted by Gasteiger charge is -2.14. The molecular weight excluding hydrogens is 551 g/mol. The summed E-state index contributed by atoms with van der Waals surface area (Å²) in [6, 6.07) is 10.0. The molecule has 0 radical (unpaired) electrons. The van der Waals surface area contributed by atoms with Crippen LogP contribution in [0.25, 0.3) is 17.0 Å². The highest BCUT2D eigenvalue weighted by molar-refractivity contribution is 6.32. The van der Waals surface area contributed by atoms with E-state index in [1.54, 1.807) is 13.8 Å². The Morgan fingerprint density at radius 1 is 1.00 bits per heavy atom. The van der Waals surface area contributed by atoms with Crippen LogP contribution in [0.5, 0.6) is 17.2 Å². The number of ether oxygens (including phenoxy) is 2. The minimum atomic E-state index is -5.09. The average Bonchev–Trinajstić information content (AvgIpc) is 2.83. The van der Waals surface area contributed by atoms with Gasteiger partial charge in [0.15, 0.2) is 0 Å². The van der Waals surface area contributed by atoms with Crippen LogP contribution >= 0.6 is 23.2 Å². The van der Waals surface area contributed by atoms with E-state index in [2.05, 4.69) is 0 Å². The number of carbonyl (C=O) groups is 1. The SMILES string of the molecule is Cc1cc(Oc2c(C(F)(F)F)oc3cc(OC(=O)/C=C/c4c(F)cccc4Cl)ccc3c2=O)cc(C)c1Cl. The zero-order chi connectivity index (χ0) is 27.8. The summed E-state index contributed by atoms with van der Waals surface area (Å²) in [5.41, 5.74) is -0.555. The van der Waals surface area contributed by atoms with E-state index in [-0.39, 0.29) is 27.5 Å². The van der Waals surface area contributed by atoms with E-state index in [4.69, 9.17) is 37.1 Å². The Balaban J connectivity index is 1.69. The van der Waals surface area contributed by atoms with Crippen LogP contribution in [0, 0.1) is 19.7 Å². The Kier molecular flexibility index (Phi) is 7.53. The molecule has 5 nitrogen and oxygen atoms in total. The highest BCUT2D eigenvalue weighted by atomic mass is 35.5. The Morgan fingerprint density at radius 2 is 1.68 bits per heavy atom. The molecule has 0 atom stereocenters. The standard InChI is InChI=1S/C27H16Cl2F4O5/c1-13-10-16(11-14(2)23(13)29)37-25-24(35)18-7-6-15(12-21(18)38-26(25)27(31,32)33)36-22(34)9-8-17-19(28)4-3-5-20(17)30/h3-12H,1-2H3/b9-8+. The van der Waals surface area contributed by atoms with Gasteiger partial charge in [0.25, 0.3) is 5.76 Å². The first-order valence-electron chi connectivity index (χ1n) is 10.8. The maximum atomic E-state index is 13.9. The number of carbonyl (C=O) groups excluding carboxylic acids is 1. The van der Waals surface area contributed by atoms with E-state index < -0.39 is 40.5 Å². The van der Waals surface area contributed by atoms with Gasteiger partial charge >= 0.3 is 12.1 Å². The van der Waals surface area contributed by atoms with Gasteiger partial charge in [0.2, 0.25) is 11.2 Å². The van der Waals surface area contributed by atoms with Crippen LogP contribution in [0.2, 0.25) is 10.0 Å². The molecule has 0 amide bonds. The Hall–Kier alpha value is -3.82. The molecule has 0 saturated carbocycles. The highest BCUT2D eigenvalue weighted by Gasteiger charge is 2.40. The monoisotopic (exact) mass is 566 g/mol. The molecule has 3 aromatic carbocycles. The van der Waals surface area contributed by atoms with Gasteiger partial charge in [-0.1, -0.05) is 29.3 Å². The van der Waals surface area contributed by atoms with Gasteiger partial charge in [-0.3, -0.25) is 4.79 Å². The van der Waals surface area contributed by atoms with Crippen molar-refractivity contribution >= 4 is 46.2 Å². The van der Waals surface area contributed by atoms with Gasteiger partial charge in [0, 0.05) is 22.7 Å². The lowest BCUT2D eigenvalue weighted by molar-refractivity contribution is -0.154. The van der Waals surface area contributed by atoms with E-state index in [9.17, 15) is 27.2 Å². The van der Waals surface area contributed by atoms with Gasteiger partial charge in [-0.2, -0.15) is 13.2 Å². The molecule has 0 aliphatic carbocycles. The first kappa shape index (κ1) is 27.2. The van der Waals surface area contributed by atoms with Gasteiger partial charge in [0.05, 0.1) is 10.4 Å². The van der Waals surface area contributed by atoms with Crippen molar-refractivity contribution < 1.29 is 36.2 Å². The zero-order valence-electron chi connectivity index (χ0n) is 19.6. The van der Waals surface area contributed by atoms with Crippen molar-refractivity contribution in [3.05, 3.63) is 103 Å². The van der Waals surface area contributed by atoms with Crippen LogP contribution in [-0.2, 0) is 11.0 Å². The molecule has 0 unspecified atom stereocenters. The Labute approximate surface area is 222 Å². The molecule has 0 saturated heterocycles. The van der Waals surface area contributed by atoms with E-state index in [0.29, 0.717) is 16.1 Å². The van der Waals surface area contributed by atoms with Crippen LogP contribution in [0.3, 0.4) is 0 Å². The van der Waals surface area contributed by atoms with Crippen molar-refractivity contribution in [2.24, 2.45) is 0 Å². The second kappa shape index (κ2) is 10.5. The van der Waals surface area contributed by atoms with E-state index in [1.807, 2.05) is 0 Å². The molecule has 196 valence electrons. The molecule has 0 aliphatic rings. The fourth-order valence-electron chi connectivity index (χ4n) is 3.55. The maximum absolute atomic E-state index is 13.9. The normalized spacial score (nSPS) is 11.8. The topological polar surface area (TPSA) is 65.7 Å². The molecule has 11 heteroatoms. The van der Waals surface area contributed by atoms with Gasteiger partial charge in [0.1, 0.15) is 22.9 Å². The molecule has 4 rings (SSSR count). The maximum Gasteiger partial charge on any atom is 0.453 e. The van der Waals surface area contributed by atoms with Gasteiger partial charge in [-0.25, -0.2) is 9.18 Å². The largest absolute Gasteiger partial charge is 0.453 e. The van der Waals surface area contributed by atoms with Crippen molar-refractivity contribution in [2.75, 3.05) is 0 Å². The lowest BCUT2D eigenvalue weighted by Crippen LogP contribution is -2.15. The van der Waals surface area contributed by atoms with E-state index in [1.165, 1.54) is 30.3 Å². The summed E-state index contributed by atoms with van der Waals surface area (Å²) in [5.74, 6) is -4.63. The first-order chi connectivity index (χ1) is 17.8. The Bertz CT molecular complexity index is 1620. The third-order valence-electron chi connectivity index (χ3n) is 5.31. The second-order valence-corrected chi connectivity index (χ2v) is 8.89. The first-order valence-corrected chi connectivity index (χ1v) is 11.6. The molecule has 1 aromatic heterocycles. The molecule has 0 aliphatic heterocycles. The van der Waals surface area contributed by atoms with Crippen molar-refractivity contribution in [3.8, 4) is 17.2 Å². The predicted molar refractivity (Wildman–Crippen MR) is 135 cm³/mol. The molecular formula is C27H16Cl2F4O5. The van der Waals surface area contributed by atoms with Crippen molar-refractivity contribution in [2.45, 2.75) is 20.0 Å². The number of rotatable bonds is 5. The quantitative estimate of drug-likeness (QED) is 0.105. The van der Waals surface area contributed by atoms with Gasteiger partial charge < -0.3 is 13.9 Å². The minimum Gasteiger partial charge on any atom is -0.449 e. The minimum absolute atomic E-state index is 0.0335. The molecule has 38 heavy (non-hydrogen) atoms. The summed E-state index contributed by atoms with van der Waals surface area (Å²) < 4.78 is 70.9. The van der Waals surface area contributed by atoms with E-state index >= 15 is 0 Å². The summed E-state index contributed by atoms with van der Waals surface area (Å²) in [7, 11) is 0. The number of fused-ring (bicyclic) bond motifs is 1. The second-order valence-electron chi connectivity index (χ2n) is 8.11. The Morgan fingerprint density at radius 3 is 2.32 bits per heavy atom. The van der Waals surface area contributed by atoms with Crippen molar-refractivity contribution in [1.29, 1.82) is 0 Å². The smallest absolute Gasteiger partial charge is 0.449 e. The third-order valence-corrected chi connectivity index (χ3v) is 6.24. The van der Waals surface area contributed by atoms with Crippen molar-refractivity contribution in [3.63, 3.8) is 0 Å². The summed E-state index contributed by atoms with van der Waals surface area (Å²) >= 11 is 12.0. The third kappa shape index (κ3) is 5.69.